The van der Waals surface area contributed by atoms with Crippen molar-refractivity contribution >= 4 is 28.3 Å². The molecule has 0 radical (unpaired) electrons. The highest BCUT2D eigenvalue weighted by Crippen LogP contribution is 2.21. The highest BCUT2D eigenvalue weighted by Gasteiger charge is 2.18. The number of hydrazine groups is 1. The number of rotatable bonds is 3. The normalized spacial score (nSPS) is 14.6. The molecular formula is C13H15N5O4S. The van der Waals surface area contributed by atoms with E-state index in [2.05, 4.69) is 25.9 Å². The number of anilines is 1. The minimum atomic E-state index is -0.581. The summed E-state index contributed by atoms with van der Waals surface area (Å²) >= 11 is 1.38. The van der Waals surface area contributed by atoms with Gasteiger partial charge in [-0.3, -0.25) is 20.4 Å². The van der Waals surface area contributed by atoms with Crippen molar-refractivity contribution in [1.82, 2.24) is 21.0 Å². The molecule has 9 nitrogen and oxygen atoms in total. The third kappa shape index (κ3) is 3.66. The topological polar surface area (TPSA) is 110 Å². The molecule has 0 unspecified atom stereocenters. The van der Waals surface area contributed by atoms with E-state index in [-0.39, 0.29) is 11.5 Å². The first-order valence-electron chi connectivity index (χ1n) is 6.96. The summed E-state index contributed by atoms with van der Waals surface area (Å²) < 4.78 is 10.1. The van der Waals surface area contributed by atoms with Crippen molar-refractivity contribution in [2.45, 2.75) is 6.92 Å². The summed E-state index contributed by atoms with van der Waals surface area (Å²) in [6, 6.07) is 1.47. The molecule has 3 rings (SSSR count). The second-order valence-corrected chi connectivity index (χ2v) is 5.69. The molecule has 0 saturated carbocycles. The first kappa shape index (κ1) is 15.4. The van der Waals surface area contributed by atoms with Gasteiger partial charge < -0.3 is 14.2 Å². The average molecular weight is 337 g/mol. The molecule has 2 amide bonds. The highest BCUT2D eigenvalue weighted by atomic mass is 32.1. The molecule has 3 heterocycles. The van der Waals surface area contributed by atoms with Crippen LogP contribution < -0.4 is 15.8 Å². The molecule has 1 saturated heterocycles. The number of hydrogen-bond acceptors (Lipinski definition) is 8. The van der Waals surface area contributed by atoms with Crippen molar-refractivity contribution in [2.75, 3.05) is 31.2 Å². The van der Waals surface area contributed by atoms with Gasteiger partial charge in [-0.1, -0.05) is 5.16 Å². The zero-order valence-corrected chi connectivity index (χ0v) is 13.2. The molecule has 23 heavy (non-hydrogen) atoms. The van der Waals surface area contributed by atoms with Gasteiger partial charge in [0, 0.05) is 24.5 Å². The number of nitrogens with one attached hydrogen (secondary N) is 2. The van der Waals surface area contributed by atoms with Crippen molar-refractivity contribution in [3.8, 4) is 0 Å². The fourth-order valence-electron chi connectivity index (χ4n) is 1.98. The van der Waals surface area contributed by atoms with Gasteiger partial charge in [0.2, 0.25) is 5.76 Å². The van der Waals surface area contributed by atoms with Gasteiger partial charge in [0.15, 0.2) is 5.13 Å². The summed E-state index contributed by atoms with van der Waals surface area (Å²) in [5, 5.41) is 6.01. The first-order chi connectivity index (χ1) is 11.1. The Hall–Kier alpha value is -2.46. The molecule has 2 aromatic heterocycles. The van der Waals surface area contributed by atoms with E-state index < -0.39 is 11.8 Å². The molecule has 1 aliphatic rings. The van der Waals surface area contributed by atoms with Gasteiger partial charge in [0.1, 0.15) is 5.69 Å². The molecule has 1 fully saturated rings. The Labute approximate surface area is 135 Å². The van der Waals surface area contributed by atoms with Crippen LogP contribution in [0.2, 0.25) is 0 Å². The third-order valence-corrected chi connectivity index (χ3v) is 4.05. The number of ether oxygens (including phenoxy) is 1. The summed E-state index contributed by atoms with van der Waals surface area (Å²) in [7, 11) is 0. The molecule has 0 atom stereocenters. The first-order valence-corrected chi connectivity index (χ1v) is 7.83. The quantitative estimate of drug-likeness (QED) is 0.778. The standard InChI is InChI=1S/C13H15N5O4S/c1-8-6-10(22-17-8)12(20)16-15-11(19)9-7-23-13(14-9)18-2-4-21-5-3-18/h6-7H,2-5H2,1H3,(H,15,19)(H,16,20). The van der Waals surface area contributed by atoms with E-state index >= 15 is 0 Å². The lowest BCUT2D eigenvalue weighted by Gasteiger charge is -2.25. The predicted octanol–water partition coefficient (Wildman–Crippen LogP) is 0.351. The molecule has 1 aliphatic heterocycles. The Morgan fingerprint density at radius 2 is 2.00 bits per heavy atom. The molecule has 10 heteroatoms. The van der Waals surface area contributed by atoms with Crippen LogP contribution in [0.1, 0.15) is 26.7 Å². The third-order valence-electron chi connectivity index (χ3n) is 3.15. The minimum Gasteiger partial charge on any atom is -0.378 e. The fraction of sp³-hybridized carbons (Fsp3) is 0.385. The number of thiazole rings is 1. The van der Waals surface area contributed by atoms with Crippen molar-refractivity contribution in [3.63, 3.8) is 0 Å². The van der Waals surface area contributed by atoms with E-state index in [0.29, 0.717) is 18.9 Å². The van der Waals surface area contributed by atoms with E-state index in [1.807, 2.05) is 0 Å². The van der Waals surface area contributed by atoms with Crippen LogP contribution in [0.25, 0.3) is 0 Å². The lowest BCUT2D eigenvalue weighted by Crippen LogP contribution is -2.41. The maximum absolute atomic E-state index is 12.0. The minimum absolute atomic E-state index is 0.0232. The van der Waals surface area contributed by atoms with Gasteiger partial charge in [0.05, 0.1) is 18.9 Å². The lowest BCUT2D eigenvalue weighted by molar-refractivity contribution is 0.0823. The van der Waals surface area contributed by atoms with Crippen molar-refractivity contribution in [2.24, 2.45) is 0 Å². The average Bonchev–Trinajstić information content (AvgIpc) is 3.22. The van der Waals surface area contributed by atoms with Crippen LogP contribution in [0, 0.1) is 6.92 Å². The Balaban J connectivity index is 1.56. The van der Waals surface area contributed by atoms with Gasteiger partial charge in [-0.15, -0.1) is 11.3 Å². The number of aryl methyl sites for hydroxylation is 1. The van der Waals surface area contributed by atoms with Gasteiger partial charge in [-0.25, -0.2) is 4.98 Å². The summed E-state index contributed by atoms with van der Waals surface area (Å²) in [6.07, 6.45) is 0. The summed E-state index contributed by atoms with van der Waals surface area (Å²) in [6.45, 7) is 4.48. The van der Waals surface area contributed by atoms with Gasteiger partial charge in [-0.05, 0) is 6.92 Å². The number of carbonyl (C=O) groups is 2. The van der Waals surface area contributed by atoms with Crippen LogP contribution in [0.15, 0.2) is 16.0 Å². The number of carbonyl (C=O) groups excluding carboxylic acids is 2. The zero-order chi connectivity index (χ0) is 16.2. The van der Waals surface area contributed by atoms with Crippen molar-refractivity contribution < 1.29 is 18.8 Å². The van der Waals surface area contributed by atoms with Gasteiger partial charge >= 0.3 is 5.91 Å². The smallest absolute Gasteiger partial charge is 0.308 e. The number of nitrogens with zero attached hydrogens (tertiary/aromatic N) is 3. The largest absolute Gasteiger partial charge is 0.378 e. The van der Waals surface area contributed by atoms with Gasteiger partial charge in [0.25, 0.3) is 5.91 Å². The molecule has 2 aromatic rings. The molecule has 0 bridgehead atoms. The molecular weight excluding hydrogens is 322 g/mol. The zero-order valence-electron chi connectivity index (χ0n) is 12.4. The molecule has 122 valence electrons. The second kappa shape index (κ2) is 6.75. The Morgan fingerprint density at radius 1 is 1.26 bits per heavy atom. The predicted molar refractivity (Wildman–Crippen MR) is 81.3 cm³/mol. The summed E-state index contributed by atoms with van der Waals surface area (Å²) in [4.78, 5) is 30.1. The lowest BCUT2D eigenvalue weighted by atomic mass is 10.4. The number of aromatic nitrogens is 2. The van der Waals surface area contributed by atoms with Crippen LogP contribution in [-0.4, -0.2) is 48.3 Å². The second-order valence-electron chi connectivity index (χ2n) is 4.86. The van der Waals surface area contributed by atoms with E-state index in [1.165, 1.54) is 17.4 Å². The van der Waals surface area contributed by atoms with E-state index in [0.717, 1.165) is 18.2 Å². The SMILES string of the molecule is Cc1cc(C(=O)NNC(=O)c2csc(N3CCOCC3)n2)on1. The Bertz CT molecular complexity index is 707. The van der Waals surface area contributed by atoms with Crippen LogP contribution in [0.3, 0.4) is 0 Å². The fourth-order valence-corrected chi connectivity index (χ4v) is 2.84. The van der Waals surface area contributed by atoms with Crippen LogP contribution >= 0.6 is 11.3 Å². The Morgan fingerprint density at radius 3 is 2.70 bits per heavy atom. The highest BCUT2D eigenvalue weighted by molar-refractivity contribution is 7.13. The van der Waals surface area contributed by atoms with E-state index in [4.69, 9.17) is 9.26 Å². The van der Waals surface area contributed by atoms with Crippen molar-refractivity contribution in [3.05, 3.63) is 28.6 Å². The molecule has 0 aliphatic carbocycles. The number of morpholine rings is 1. The number of hydrogen-bond donors (Lipinski definition) is 2. The Kier molecular flexibility index (Phi) is 4.53. The molecule has 0 aromatic carbocycles. The number of amides is 2. The summed E-state index contributed by atoms with van der Waals surface area (Å²) in [5.74, 6) is -1.05. The monoisotopic (exact) mass is 337 g/mol. The van der Waals surface area contributed by atoms with Crippen molar-refractivity contribution in [1.29, 1.82) is 0 Å². The maximum Gasteiger partial charge on any atom is 0.308 e. The molecule has 0 spiro atoms. The van der Waals surface area contributed by atoms with E-state index in [9.17, 15) is 9.59 Å². The van der Waals surface area contributed by atoms with Crippen LogP contribution in [0.5, 0.6) is 0 Å². The van der Waals surface area contributed by atoms with Crippen LogP contribution in [-0.2, 0) is 4.74 Å². The van der Waals surface area contributed by atoms with Crippen LogP contribution in [0.4, 0.5) is 5.13 Å². The molecule has 2 N–H and O–H groups in total. The summed E-state index contributed by atoms with van der Waals surface area (Å²) in [5.41, 5.74) is 5.38. The van der Waals surface area contributed by atoms with Gasteiger partial charge in [-0.2, -0.15) is 0 Å². The maximum atomic E-state index is 12.0. The van der Waals surface area contributed by atoms with E-state index in [1.54, 1.807) is 12.3 Å².